The predicted octanol–water partition coefficient (Wildman–Crippen LogP) is 4.36. The zero-order valence-corrected chi connectivity index (χ0v) is 10.7. The maximum Gasteiger partial charge on any atom is 0.416 e. The predicted molar refractivity (Wildman–Crippen MR) is 71.4 cm³/mol. The van der Waals surface area contributed by atoms with Gasteiger partial charge in [0.15, 0.2) is 0 Å². The van der Waals surface area contributed by atoms with E-state index < -0.39 is 11.7 Å². The molecule has 0 fully saturated rings. The molecule has 0 aliphatic carbocycles. The van der Waals surface area contributed by atoms with E-state index in [0.29, 0.717) is 16.9 Å². The van der Waals surface area contributed by atoms with Crippen molar-refractivity contribution in [1.82, 2.24) is 0 Å². The van der Waals surface area contributed by atoms with Crippen molar-refractivity contribution in [3.8, 4) is 29.2 Å². The van der Waals surface area contributed by atoms with Crippen LogP contribution in [0.3, 0.4) is 0 Å². The van der Waals surface area contributed by atoms with Crippen molar-refractivity contribution in [1.29, 1.82) is 0 Å². The van der Waals surface area contributed by atoms with Gasteiger partial charge in [-0.2, -0.15) is 13.2 Å². The van der Waals surface area contributed by atoms with Gasteiger partial charge in [-0.1, -0.05) is 18.1 Å². The molecule has 0 unspecified atom stereocenters. The minimum absolute atomic E-state index is 0.200. The van der Waals surface area contributed by atoms with Gasteiger partial charge >= 0.3 is 6.18 Å². The molecular weight excluding hydrogens is 265 g/mol. The zero-order valence-electron chi connectivity index (χ0n) is 10.7. The Bertz CT molecular complexity index is 649. The minimum atomic E-state index is -4.42. The topological polar surface area (TPSA) is 9.23 Å². The number of terminal acetylenes is 1. The van der Waals surface area contributed by atoms with Gasteiger partial charge in [0.2, 0.25) is 0 Å². The van der Waals surface area contributed by atoms with Crippen molar-refractivity contribution in [2.45, 2.75) is 6.18 Å². The van der Waals surface area contributed by atoms with E-state index in [1.54, 1.807) is 30.3 Å². The van der Waals surface area contributed by atoms with Gasteiger partial charge < -0.3 is 4.74 Å². The lowest BCUT2D eigenvalue weighted by atomic mass is 9.99. The number of halogens is 3. The molecule has 0 amide bonds. The second-order valence-corrected chi connectivity index (χ2v) is 4.17. The van der Waals surface area contributed by atoms with Crippen LogP contribution in [-0.4, -0.2) is 7.11 Å². The third-order valence-electron chi connectivity index (χ3n) is 2.85. The van der Waals surface area contributed by atoms with E-state index in [-0.39, 0.29) is 5.56 Å². The Hall–Kier alpha value is -2.41. The van der Waals surface area contributed by atoms with Crippen molar-refractivity contribution in [2.24, 2.45) is 0 Å². The van der Waals surface area contributed by atoms with Crippen LogP contribution in [0.15, 0.2) is 42.5 Å². The van der Waals surface area contributed by atoms with Crippen LogP contribution in [0.1, 0.15) is 11.1 Å². The third kappa shape index (κ3) is 2.94. The summed E-state index contributed by atoms with van der Waals surface area (Å²) in [6, 6.07) is 10.4. The molecule has 0 spiro atoms. The van der Waals surface area contributed by atoms with Crippen LogP contribution in [0.2, 0.25) is 0 Å². The van der Waals surface area contributed by atoms with Gasteiger partial charge in [-0.25, -0.2) is 0 Å². The van der Waals surface area contributed by atoms with E-state index in [1.807, 2.05) is 0 Å². The Kier molecular flexibility index (Phi) is 3.71. The van der Waals surface area contributed by atoms with Gasteiger partial charge in [0.1, 0.15) is 5.75 Å². The van der Waals surface area contributed by atoms with Crippen LogP contribution in [0.4, 0.5) is 13.2 Å². The first-order valence-electron chi connectivity index (χ1n) is 5.77. The second-order valence-electron chi connectivity index (χ2n) is 4.17. The number of methoxy groups -OCH3 is 1. The van der Waals surface area contributed by atoms with Crippen molar-refractivity contribution < 1.29 is 17.9 Å². The molecule has 1 nitrogen and oxygen atoms in total. The average molecular weight is 276 g/mol. The Balaban J connectivity index is 2.53. The molecule has 0 atom stereocenters. The van der Waals surface area contributed by atoms with Gasteiger partial charge in [-0.3, -0.25) is 0 Å². The van der Waals surface area contributed by atoms with Crippen LogP contribution >= 0.6 is 0 Å². The lowest BCUT2D eigenvalue weighted by molar-refractivity contribution is -0.137. The van der Waals surface area contributed by atoms with Gasteiger partial charge in [0.05, 0.1) is 12.7 Å². The average Bonchev–Trinajstić information content (AvgIpc) is 2.46. The summed E-state index contributed by atoms with van der Waals surface area (Å²) in [6.45, 7) is 0. The Morgan fingerprint density at radius 2 is 1.65 bits per heavy atom. The van der Waals surface area contributed by atoms with Crippen molar-refractivity contribution in [2.75, 3.05) is 7.11 Å². The van der Waals surface area contributed by atoms with E-state index in [0.717, 1.165) is 12.1 Å². The molecule has 0 bridgehead atoms. The van der Waals surface area contributed by atoms with E-state index in [9.17, 15) is 13.2 Å². The van der Waals surface area contributed by atoms with E-state index in [2.05, 4.69) is 5.92 Å². The smallest absolute Gasteiger partial charge is 0.416 e. The van der Waals surface area contributed by atoms with Crippen LogP contribution in [-0.2, 0) is 6.18 Å². The molecule has 0 aliphatic heterocycles. The summed E-state index contributed by atoms with van der Waals surface area (Å²) in [4.78, 5) is 0. The van der Waals surface area contributed by atoms with Crippen molar-refractivity contribution in [3.63, 3.8) is 0 Å². The lowest BCUT2D eigenvalue weighted by Crippen LogP contribution is -2.05. The lowest BCUT2D eigenvalue weighted by Gasteiger charge is -2.11. The first-order chi connectivity index (χ1) is 9.44. The summed E-state index contributed by atoms with van der Waals surface area (Å²) >= 11 is 0. The first-order valence-corrected chi connectivity index (χ1v) is 5.77. The van der Waals surface area contributed by atoms with Crippen LogP contribution in [0.25, 0.3) is 11.1 Å². The number of ether oxygens (including phenoxy) is 1. The number of rotatable bonds is 2. The third-order valence-corrected chi connectivity index (χ3v) is 2.85. The maximum absolute atomic E-state index is 12.8. The van der Waals surface area contributed by atoms with E-state index in [1.165, 1.54) is 7.11 Å². The molecule has 2 aromatic rings. The molecule has 4 heteroatoms. The fourth-order valence-corrected chi connectivity index (χ4v) is 1.82. The fraction of sp³-hybridized carbons (Fsp3) is 0.125. The summed E-state index contributed by atoms with van der Waals surface area (Å²) in [7, 11) is 1.52. The normalized spacial score (nSPS) is 10.9. The summed E-state index contributed by atoms with van der Waals surface area (Å²) in [5.74, 6) is 2.88. The number of benzene rings is 2. The van der Waals surface area contributed by atoms with Gasteiger partial charge in [-0.05, 0) is 41.5 Å². The fourth-order valence-electron chi connectivity index (χ4n) is 1.82. The van der Waals surface area contributed by atoms with Gasteiger partial charge in [0.25, 0.3) is 0 Å². The summed E-state index contributed by atoms with van der Waals surface area (Å²) in [5.41, 5.74) is 0.522. The van der Waals surface area contributed by atoms with Crippen molar-refractivity contribution >= 4 is 0 Å². The highest BCUT2D eigenvalue weighted by atomic mass is 19.4. The van der Waals surface area contributed by atoms with Crippen LogP contribution in [0, 0.1) is 12.3 Å². The molecule has 2 rings (SSSR count). The largest absolute Gasteiger partial charge is 0.497 e. The summed E-state index contributed by atoms with van der Waals surface area (Å²) in [6.07, 6.45) is 0.795. The van der Waals surface area contributed by atoms with E-state index in [4.69, 9.17) is 11.2 Å². The molecule has 102 valence electrons. The van der Waals surface area contributed by atoms with E-state index >= 15 is 0 Å². The SMILES string of the molecule is C#Cc1cc(-c2ccc(OC)cc2)cc(C(F)(F)F)c1. The highest BCUT2D eigenvalue weighted by molar-refractivity contribution is 5.67. The Labute approximate surface area is 115 Å². The molecule has 0 N–H and O–H groups in total. The Morgan fingerprint density at radius 1 is 1.00 bits per heavy atom. The monoisotopic (exact) mass is 276 g/mol. The second kappa shape index (κ2) is 5.30. The van der Waals surface area contributed by atoms with Crippen LogP contribution < -0.4 is 4.74 Å². The van der Waals surface area contributed by atoms with Crippen molar-refractivity contribution in [3.05, 3.63) is 53.6 Å². The maximum atomic E-state index is 12.8. The molecule has 0 heterocycles. The molecular formula is C16H11F3O. The quantitative estimate of drug-likeness (QED) is 0.740. The molecule has 0 aromatic heterocycles. The standard InChI is InChI=1S/C16H11F3O/c1-3-11-8-13(10-14(9-11)16(17,18)19)12-4-6-15(20-2)7-5-12/h1,4-10H,2H3. The number of alkyl halides is 3. The molecule has 0 saturated heterocycles. The highest BCUT2D eigenvalue weighted by Gasteiger charge is 2.31. The highest BCUT2D eigenvalue weighted by Crippen LogP contribution is 2.33. The molecule has 2 aromatic carbocycles. The first kappa shape index (κ1) is 14.0. The molecule has 0 aliphatic rings. The zero-order chi connectivity index (χ0) is 14.8. The molecule has 0 radical (unpaired) electrons. The van der Waals surface area contributed by atoms with Gasteiger partial charge in [-0.15, -0.1) is 6.42 Å². The minimum Gasteiger partial charge on any atom is -0.497 e. The molecule has 20 heavy (non-hydrogen) atoms. The summed E-state index contributed by atoms with van der Waals surface area (Å²) < 4.78 is 43.5. The Morgan fingerprint density at radius 3 is 2.15 bits per heavy atom. The van der Waals surface area contributed by atoms with Crippen LogP contribution in [0.5, 0.6) is 5.75 Å². The molecule has 0 saturated carbocycles. The summed E-state index contributed by atoms with van der Waals surface area (Å²) in [5, 5.41) is 0. The van der Waals surface area contributed by atoms with Gasteiger partial charge in [0, 0.05) is 5.56 Å². The number of hydrogen-bond donors (Lipinski definition) is 0. The number of hydrogen-bond acceptors (Lipinski definition) is 1.